The molecular formula is C24H28N4O2. The molecule has 0 aliphatic carbocycles. The number of amides is 2. The van der Waals surface area contributed by atoms with Crippen molar-refractivity contribution in [2.45, 2.75) is 39.0 Å². The van der Waals surface area contributed by atoms with Gasteiger partial charge in [0.2, 0.25) is 11.8 Å². The summed E-state index contributed by atoms with van der Waals surface area (Å²) in [6, 6.07) is 17.3. The monoisotopic (exact) mass is 404 g/mol. The lowest BCUT2D eigenvalue weighted by Gasteiger charge is -2.22. The van der Waals surface area contributed by atoms with Crippen LogP contribution < -0.4 is 15.1 Å². The highest BCUT2D eigenvalue weighted by Crippen LogP contribution is 2.26. The van der Waals surface area contributed by atoms with Gasteiger partial charge in [0.25, 0.3) is 0 Å². The molecule has 2 aromatic carbocycles. The summed E-state index contributed by atoms with van der Waals surface area (Å²) in [4.78, 5) is 29.0. The molecule has 1 N–H and O–H groups in total. The van der Waals surface area contributed by atoms with Gasteiger partial charge in [0.1, 0.15) is 0 Å². The summed E-state index contributed by atoms with van der Waals surface area (Å²) >= 11 is 0. The molecule has 1 aliphatic heterocycles. The highest BCUT2D eigenvalue weighted by atomic mass is 16.2. The molecular weight excluding hydrogens is 376 g/mol. The molecule has 0 unspecified atom stereocenters. The predicted octanol–water partition coefficient (Wildman–Crippen LogP) is 4.26. The first-order valence-electron chi connectivity index (χ1n) is 10.5. The molecule has 0 aromatic heterocycles. The second kappa shape index (κ2) is 10.4. The molecule has 1 heterocycles. The number of nitriles is 1. The van der Waals surface area contributed by atoms with E-state index in [0.29, 0.717) is 6.54 Å². The van der Waals surface area contributed by atoms with Crippen molar-refractivity contribution in [2.75, 3.05) is 34.8 Å². The Morgan fingerprint density at radius 3 is 2.50 bits per heavy atom. The average molecular weight is 405 g/mol. The number of carbonyl (C=O) groups is 2. The van der Waals surface area contributed by atoms with Crippen LogP contribution in [-0.4, -0.2) is 31.4 Å². The Hall–Kier alpha value is -3.33. The summed E-state index contributed by atoms with van der Waals surface area (Å²) in [5.41, 5.74) is 3.85. The van der Waals surface area contributed by atoms with E-state index in [1.165, 1.54) is 18.5 Å². The van der Waals surface area contributed by atoms with Crippen molar-refractivity contribution < 1.29 is 9.59 Å². The molecule has 6 heteroatoms. The molecule has 0 atom stereocenters. The Labute approximate surface area is 178 Å². The minimum Gasteiger partial charge on any atom is -0.371 e. The van der Waals surface area contributed by atoms with E-state index in [1.54, 1.807) is 4.90 Å². The molecule has 0 saturated carbocycles. The Balaban J connectivity index is 1.56. The molecule has 0 spiro atoms. The van der Waals surface area contributed by atoms with Crippen LogP contribution in [0.5, 0.6) is 0 Å². The summed E-state index contributed by atoms with van der Waals surface area (Å²) in [6.45, 7) is 4.54. The van der Waals surface area contributed by atoms with Gasteiger partial charge in [-0.2, -0.15) is 5.26 Å². The second-order valence-electron chi connectivity index (χ2n) is 7.53. The van der Waals surface area contributed by atoms with E-state index >= 15 is 0 Å². The lowest BCUT2D eigenvalue weighted by atomic mass is 10.1. The van der Waals surface area contributed by atoms with E-state index < -0.39 is 0 Å². The molecule has 3 rings (SSSR count). The molecule has 2 amide bonds. The van der Waals surface area contributed by atoms with E-state index in [1.807, 2.05) is 42.5 Å². The summed E-state index contributed by atoms with van der Waals surface area (Å²) in [6.07, 6.45) is 2.88. The first kappa shape index (κ1) is 21.4. The van der Waals surface area contributed by atoms with Gasteiger partial charge in [-0.25, -0.2) is 0 Å². The van der Waals surface area contributed by atoms with E-state index in [2.05, 4.69) is 29.3 Å². The maximum atomic E-state index is 12.7. The fourth-order valence-corrected chi connectivity index (χ4v) is 3.79. The van der Waals surface area contributed by atoms with Crippen LogP contribution in [0.1, 0.15) is 37.7 Å². The van der Waals surface area contributed by atoms with Gasteiger partial charge >= 0.3 is 0 Å². The van der Waals surface area contributed by atoms with Crippen LogP contribution in [0.15, 0.2) is 48.5 Å². The molecule has 156 valence electrons. The second-order valence-corrected chi connectivity index (χ2v) is 7.53. The maximum Gasteiger partial charge on any atom is 0.227 e. The molecule has 0 bridgehead atoms. The number of rotatable bonds is 8. The first-order chi connectivity index (χ1) is 14.6. The number of anilines is 3. The van der Waals surface area contributed by atoms with Crippen LogP contribution in [0.2, 0.25) is 0 Å². The van der Waals surface area contributed by atoms with Gasteiger partial charge in [-0.1, -0.05) is 18.2 Å². The van der Waals surface area contributed by atoms with Crippen LogP contribution in [0.4, 0.5) is 17.1 Å². The molecule has 1 fully saturated rings. The molecule has 0 radical (unpaired) electrons. The van der Waals surface area contributed by atoms with Crippen molar-refractivity contribution in [3.05, 3.63) is 54.1 Å². The van der Waals surface area contributed by atoms with E-state index in [-0.39, 0.29) is 31.1 Å². The van der Waals surface area contributed by atoms with Crippen molar-refractivity contribution in [1.29, 1.82) is 5.26 Å². The van der Waals surface area contributed by atoms with Crippen molar-refractivity contribution in [2.24, 2.45) is 0 Å². The Bertz CT molecular complexity index is 915. The number of benzene rings is 2. The topological polar surface area (TPSA) is 76.4 Å². The third-order valence-electron chi connectivity index (χ3n) is 5.31. The van der Waals surface area contributed by atoms with E-state index in [9.17, 15) is 9.59 Å². The van der Waals surface area contributed by atoms with Crippen LogP contribution in [-0.2, 0) is 9.59 Å². The Kier molecular flexibility index (Phi) is 7.45. The van der Waals surface area contributed by atoms with Crippen LogP contribution in [0.25, 0.3) is 0 Å². The lowest BCUT2D eigenvalue weighted by molar-refractivity contribution is -0.122. The quantitative estimate of drug-likeness (QED) is 0.713. The third kappa shape index (κ3) is 5.60. The smallest absolute Gasteiger partial charge is 0.227 e. The van der Waals surface area contributed by atoms with Crippen LogP contribution in [0.3, 0.4) is 0 Å². The number of hydrogen-bond donors (Lipinski definition) is 1. The number of nitrogens with zero attached hydrogens (tertiary/aromatic N) is 3. The number of hydrogen-bond acceptors (Lipinski definition) is 4. The highest BCUT2D eigenvalue weighted by Gasteiger charge is 2.18. The van der Waals surface area contributed by atoms with Crippen LogP contribution in [0, 0.1) is 18.3 Å². The zero-order valence-electron chi connectivity index (χ0n) is 17.4. The van der Waals surface area contributed by atoms with Gasteiger partial charge in [0.05, 0.1) is 12.5 Å². The number of carbonyl (C=O) groups excluding carboxylic acids is 2. The fourth-order valence-electron chi connectivity index (χ4n) is 3.79. The van der Waals surface area contributed by atoms with Gasteiger partial charge in [-0.15, -0.1) is 0 Å². The molecule has 6 nitrogen and oxygen atoms in total. The molecule has 30 heavy (non-hydrogen) atoms. The van der Waals surface area contributed by atoms with Crippen molar-refractivity contribution in [3.8, 4) is 6.07 Å². The van der Waals surface area contributed by atoms with Gasteiger partial charge in [-0.05, 0) is 55.7 Å². The molecule has 1 aliphatic rings. The highest BCUT2D eigenvalue weighted by molar-refractivity contribution is 5.98. The third-order valence-corrected chi connectivity index (χ3v) is 5.31. The summed E-state index contributed by atoms with van der Waals surface area (Å²) in [5, 5.41) is 11.8. The van der Waals surface area contributed by atoms with E-state index in [4.69, 9.17) is 5.26 Å². The van der Waals surface area contributed by atoms with Crippen LogP contribution >= 0.6 is 0 Å². The summed E-state index contributed by atoms with van der Waals surface area (Å²) in [5.74, 6) is -0.350. The predicted molar refractivity (Wildman–Crippen MR) is 120 cm³/mol. The van der Waals surface area contributed by atoms with Gasteiger partial charge in [-0.3, -0.25) is 9.59 Å². The summed E-state index contributed by atoms with van der Waals surface area (Å²) < 4.78 is 0. The van der Waals surface area contributed by atoms with Gasteiger partial charge < -0.3 is 15.1 Å². The fraction of sp³-hybridized carbons (Fsp3) is 0.375. The van der Waals surface area contributed by atoms with Crippen molar-refractivity contribution >= 4 is 28.9 Å². The lowest BCUT2D eigenvalue weighted by Crippen LogP contribution is -2.32. The Morgan fingerprint density at radius 2 is 1.83 bits per heavy atom. The van der Waals surface area contributed by atoms with Crippen molar-refractivity contribution in [1.82, 2.24) is 0 Å². The SMILES string of the molecule is Cc1cc(NC(=O)CCC(=O)N(CCC#N)c2ccccc2)ccc1N1CCCC1. The average Bonchev–Trinajstić information content (AvgIpc) is 3.28. The minimum atomic E-state index is -0.190. The van der Waals surface area contributed by atoms with E-state index in [0.717, 1.165) is 30.0 Å². The van der Waals surface area contributed by atoms with Crippen molar-refractivity contribution in [3.63, 3.8) is 0 Å². The normalized spacial score (nSPS) is 13.0. The van der Waals surface area contributed by atoms with Gasteiger partial charge in [0.15, 0.2) is 0 Å². The standard InChI is InChI=1S/C24H28N4O2/c1-19-18-20(10-11-22(19)27-15-5-6-16-27)26-23(29)12-13-24(30)28(17-7-14-25)21-8-3-2-4-9-21/h2-4,8-11,18H,5-7,12-13,15-17H2,1H3,(H,26,29). The number of aryl methyl sites for hydroxylation is 1. The minimum absolute atomic E-state index is 0.0942. The first-order valence-corrected chi connectivity index (χ1v) is 10.5. The largest absolute Gasteiger partial charge is 0.371 e. The Morgan fingerprint density at radius 1 is 1.10 bits per heavy atom. The zero-order valence-corrected chi connectivity index (χ0v) is 17.4. The maximum absolute atomic E-state index is 12.7. The van der Waals surface area contributed by atoms with Gasteiger partial charge in [0, 0.05) is 49.5 Å². The number of para-hydroxylation sites is 1. The summed E-state index contributed by atoms with van der Waals surface area (Å²) in [7, 11) is 0. The number of nitrogens with one attached hydrogen (secondary N) is 1. The molecule has 2 aromatic rings. The molecule has 1 saturated heterocycles. The zero-order chi connectivity index (χ0) is 21.3.